The van der Waals surface area contributed by atoms with Gasteiger partial charge in [-0.15, -0.1) is 0 Å². The molecular formula is C16H15N3O6. The van der Waals surface area contributed by atoms with Gasteiger partial charge in [-0.3, -0.25) is 15.0 Å². The van der Waals surface area contributed by atoms with Gasteiger partial charge < -0.3 is 15.6 Å². The van der Waals surface area contributed by atoms with Crippen LogP contribution in [0.25, 0.3) is 0 Å². The average molecular weight is 345 g/mol. The number of phenols is 1. The summed E-state index contributed by atoms with van der Waals surface area (Å²) in [6.45, 7) is 1.85. The average Bonchev–Trinajstić information content (AvgIpc) is 2.56. The third-order valence-electron chi connectivity index (χ3n) is 3.25. The van der Waals surface area contributed by atoms with Crippen molar-refractivity contribution in [2.45, 2.75) is 6.92 Å². The van der Waals surface area contributed by atoms with Crippen molar-refractivity contribution in [1.29, 1.82) is 0 Å². The summed E-state index contributed by atoms with van der Waals surface area (Å²) in [4.78, 5) is 34.7. The molecule has 0 aliphatic heterocycles. The van der Waals surface area contributed by atoms with Gasteiger partial charge in [-0.25, -0.2) is 9.59 Å². The van der Waals surface area contributed by atoms with Gasteiger partial charge in [-0.1, -0.05) is 6.07 Å². The number of aromatic hydroxyl groups is 1. The molecule has 0 heterocycles. The number of esters is 1. The van der Waals surface area contributed by atoms with Crippen molar-refractivity contribution in [2.24, 2.45) is 5.73 Å². The van der Waals surface area contributed by atoms with Gasteiger partial charge in [0, 0.05) is 6.07 Å². The molecule has 0 bridgehead atoms. The lowest BCUT2D eigenvalue weighted by Crippen LogP contribution is -2.31. The van der Waals surface area contributed by atoms with Crippen molar-refractivity contribution in [1.82, 2.24) is 0 Å². The van der Waals surface area contributed by atoms with Crippen molar-refractivity contribution < 1.29 is 24.4 Å². The molecule has 0 fully saturated rings. The van der Waals surface area contributed by atoms with E-state index >= 15 is 0 Å². The summed E-state index contributed by atoms with van der Waals surface area (Å²) in [5.41, 5.74) is 5.36. The minimum Gasteiger partial charge on any atom is -0.505 e. The minimum atomic E-state index is -0.940. The normalized spacial score (nSPS) is 10.1. The number of nitrogens with two attached hydrogens (primary N) is 1. The highest BCUT2D eigenvalue weighted by atomic mass is 16.6. The predicted octanol–water partition coefficient (Wildman–Crippen LogP) is 2.69. The highest BCUT2D eigenvalue weighted by molar-refractivity contribution is 6.01. The number of hydrogen-bond acceptors (Lipinski definition) is 6. The maximum Gasteiger partial charge on any atom is 0.338 e. The Bertz CT molecular complexity index is 836. The number of nitrogens with zero attached hydrogens (tertiary/aromatic N) is 2. The number of urea groups is 1. The number of non-ortho nitro benzene ring substituents is 1. The molecule has 0 aliphatic rings. The van der Waals surface area contributed by atoms with E-state index in [1.165, 1.54) is 30.3 Å². The van der Waals surface area contributed by atoms with Gasteiger partial charge in [0.1, 0.15) is 5.75 Å². The highest BCUT2D eigenvalue weighted by Crippen LogP contribution is 2.35. The van der Waals surface area contributed by atoms with Crippen LogP contribution in [-0.2, 0) is 4.74 Å². The van der Waals surface area contributed by atoms with Gasteiger partial charge in [0.05, 0.1) is 34.5 Å². The van der Waals surface area contributed by atoms with E-state index in [1.54, 1.807) is 6.92 Å². The van der Waals surface area contributed by atoms with Crippen LogP contribution in [0.4, 0.5) is 21.9 Å². The van der Waals surface area contributed by atoms with E-state index in [2.05, 4.69) is 0 Å². The molecule has 0 saturated heterocycles. The summed E-state index contributed by atoms with van der Waals surface area (Å²) in [5, 5.41) is 20.8. The van der Waals surface area contributed by atoms with Gasteiger partial charge in [0.25, 0.3) is 5.69 Å². The molecule has 2 aromatic rings. The number of amides is 2. The Hall–Kier alpha value is -3.62. The van der Waals surface area contributed by atoms with Crippen molar-refractivity contribution in [3.8, 4) is 5.75 Å². The molecule has 3 N–H and O–H groups in total. The monoisotopic (exact) mass is 345 g/mol. The number of nitro groups is 1. The SMILES string of the molecule is CCOC(=O)c1cccc(N(C(N)=O)c2ccc([N+](=O)[O-])cc2O)c1. The van der Waals surface area contributed by atoms with E-state index in [9.17, 15) is 24.8 Å². The molecule has 2 rings (SSSR count). The quantitative estimate of drug-likeness (QED) is 0.486. The molecule has 9 nitrogen and oxygen atoms in total. The number of carbonyl (C=O) groups excluding carboxylic acids is 2. The number of anilines is 2. The number of hydrogen-bond donors (Lipinski definition) is 2. The Kier molecular flexibility index (Phi) is 5.18. The maximum atomic E-state index is 11.9. The fraction of sp³-hybridized carbons (Fsp3) is 0.125. The Balaban J connectivity index is 2.49. The zero-order chi connectivity index (χ0) is 18.6. The molecular weight excluding hydrogens is 330 g/mol. The lowest BCUT2D eigenvalue weighted by Gasteiger charge is -2.21. The van der Waals surface area contributed by atoms with Crippen LogP contribution in [-0.4, -0.2) is 28.6 Å². The Morgan fingerprint density at radius 1 is 1.28 bits per heavy atom. The first kappa shape index (κ1) is 17.7. The molecule has 130 valence electrons. The molecule has 25 heavy (non-hydrogen) atoms. The molecule has 2 aromatic carbocycles. The molecule has 2 amide bonds. The third-order valence-corrected chi connectivity index (χ3v) is 3.25. The van der Waals surface area contributed by atoms with Crippen LogP contribution in [0.5, 0.6) is 5.75 Å². The smallest absolute Gasteiger partial charge is 0.338 e. The summed E-state index contributed by atoms with van der Waals surface area (Å²) >= 11 is 0. The van der Waals surface area contributed by atoms with E-state index in [4.69, 9.17) is 10.5 Å². The second kappa shape index (κ2) is 7.30. The van der Waals surface area contributed by atoms with Crippen molar-refractivity contribution in [3.63, 3.8) is 0 Å². The number of carbonyl (C=O) groups is 2. The van der Waals surface area contributed by atoms with Crippen LogP contribution in [0, 0.1) is 10.1 Å². The summed E-state index contributed by atoms with van der Waals surface area (Å²) in [6, 6.07) is 8.15. The Morgan fingerprint density at radius 2 is 2.00 bits per heavy atom. The number of benzene rings is 2. The fourth-order valence-corrected chi connectivity index (χ4v) is 2.19. The third kappa shape index (κ3) is 3.83. The molecule has 0 aromatic heterocycles. The molecule has 0 atom stereocenters. The first-order chi connectivity index (χ1) is 11.8. The predicted molar refractivity (Wildman–Crippen MR) is 88.9 cm³/mol. The van der Waals surface area contributed by atoms with Crippen molar-refractivity contribution >= 4 is 29.1 Å². The first-order valence-electron chi connectivity index (χ1n) is 7.19. The molecule has 0 aliphatic carbocycles. The van der Waals surface area contributed by atoms with Crippen LogP contribution in [0.1, 0.15) is 17.3 Å². The summed E-state index contributed by atoms with van der Waals surface area (Å²) < 4.78 is 4.90. The minimum absolute atomic E-state index is 0.0564. The second-order valence-electron chi connectivity index (χ2n) is 4.87. The van der Waals surface area contributed by atoms with Crippen LogP contribution >= 0.6 is 0 Å². The Labute approximate surface area is 142 Å². The number of rotatable bonds is 5. The largest absolute Gasteiger partial charge is 0.505 e. The Morgan fingerprint density at radius 3 is 2.56 bits per heavy atom. The van der Waals surface area contributed by atoms with Gasteiger partial charge >= 0.3 is 12.0 Å². The van der Waals surface area contributed by atoms with Gasteiger partial charge in [-0.05, 0) is 31.2 Å². The molecule has 0 unspecified atom stereocenters. The van der Waals surface area contributed by atoms with Gasteiger partial charge in [0.15, 0.2) is 0 Å². The van der Waals surface area contributed by atoms with E-state index in [0.29, 0.717) is 0 Å². The van der Waals surface area contributed by atoms with Crippen LogP contribution in [0.2, 0.25) is 0 Å². The molecule has 0 saturated carbocycles. The van der Waals surface area contributed by atoms with E-state index < -0.39 is 22.7 Å². The zero-order valence-corrected chi connectivity index (χ0v) is 13.2. The fourth-order valence-electron chi connectivity index (χ4n) is 2.19. The lowest BCUT2D eigenvalue weighted by atomic mass is 10.1. The van der Waals surface area contributed by atoms with E-state index in [1.807, 2.05) is 0 Å². The van der Waals surface area contributed by atoms with Crippen LogP contribution in [0.15, 0.2) is 42.5 Å². The highest BCUT2D eigenvalue weighted by Gasteiger charge is 2.22. The number of ether oxygens (including phenoxy) is 1. The molecule has 0 spiro atoms. The second-order valence-corrected chi connectivity index (χ2v) is 4.87. The summed E-state index contributed by atoms with van der Waals surface area (Å²) in [5.74, 6) is -1.09. The summed E-state index contributed by atoms with van der Waals surface area (Å²) in [6.07, 6.45) is 0. The topological polar surface area (TPSA) is 136 Å². The number of primary amides is 1. The van der Waals surface area contributed by atoms with Gasteiger partial charge in [-0.2, -0.15) is 0 Å². The van der Waals surface area contributed by atoms with Gasteiger partial charge in [0.2, 0.25) is 0 Å². The van der Waals surface area contributed by atoms with Crippen molar-refractivity contribution in [3.05, 3.63) is 58.1 Å². The maximum absolute atomic E-state index is 11.9. The standard InChI is InChI=1S/C16H15N3O6/c1-2-25-15(21)10-4-3-5-11(8-10)18(16(17)22)13-7-6-12(19(23)24)9-14(13)20/h3-9,20H,2H2,1H3,(H2,17,22). The van der Waals surface area contributed by atoms with E-state index in [0.717, 1.165) is 17.0 Å². The van der Waals surface area contributed by atoms with E-state index in [-0.39, 0.29) is 29.2 Å². The first-order valence-corrected chi connectivity index (χ1v) is 7.19. The number of nitro benzene ring substituents is 1. The van der Waals surface area contributed by atoms with Crippen LogP contribution in [0.3, 0.4) is 0 Å². The molecule has 9 heteroatoms. The number of phenolic OH excluding ortho intramolecular Hbond substituents is 1. The zero-order valence-electron chi connectivity index (χ0n) is 13.2. The summed E-state index contributed by atoms with van der Waals surface area (Å²) in [7, 11) is 0. The molecule has 0 radical (unpaired) electrons. The van der Waals surface area contributed by atoms with Crippen molar-refractivity contribution in [2.75, 3.05) is 11.5 Å². The van der Waals surface area contributed by atoms with Crippen LogP contribution < -0.4 is 10.6 Å². The lowest BCUT2D eigenvalue weighted by molar-refractivity contribution is -0.384.